The first-order chi connectivity index (χ1) is 12.9. The maximum absolute atomic E-state index is 12.2. The van der Waals surface area contributed by atoms with Gasteiger partial charge in [0.05, 0.1) is 12.8 Å². The molecular formula is C18H18N4O5. The van der Waals surface area contributed by atoms with Crippen molar-refractivity contribution in [3.05, 3.63) is 62.4 Å². The Morgan fingerprint density at radius 3 is 2.70 bits per heavy atom. The van der Waals surface area contributed by atoms with Gasteiger partial charge in [0, 0.05) is 23.5 Å². The highest BCUT2D eigenvalue weighted by Gasteiger charge is 2.22. The van der Waals surface area contributed by atoms with Crippen molar-refractivity contribution in [2.45, 2.75) is 19.4 Å². The number of fused-ring (bicyclic) bond motifs is 1. The lowest BCUT2D eigenvalue weighted by atomic mass is 10.0. The number of methoxy groups -OCH3 is 1. The van der Waals surface area contributed by atoms with Gasteiger partial charge >= 0.3 is 11.7 Å². The molecule has 27 heavy (non-hydrogen) atoms. The number of aliphatic imine (C=N–C) groups is 1. The number of aromatic nitrogens is 3. The first-order valence-corrected chi connectivity index (χ1v) is 8.14. The van der Waals surface area contributed by atoms with Crippen LogP contribution in [0.25, 0.3) is 10.9 Å². The highest BCUT2D eigenvalue weighted by atomic mass is 16.5. The van der Waals surface area contributed by atoms with Crippen molar-refractivity contribution >= 4 is 22.6 Å². The molecule has 4 N–H and O–H groups in total. The van der Waals surface area contributed by atoms with Gasteiger partial charge in [0.15, 0.2) is 6.04 Å². The lowest BCUT2D eigenvalue weighted by Crippen LogP contribution is -2.29. The second-order valence-electron chi connectivity index (χ2n) is 5.95. The van der Waals surface area contributed by atoms with Crippen LogP contribution in [0.1, 0.15) is 18.1 Å². The van der Waals surface area contributed by atoms with E-state index in [0.717, 1.165) is 16.5 Å². The molecule has 0 saturated carbocycles. The summed E-state index contributed by atoms with van der Waals surface area (Å²) >= 11 is 0. The molecule has 2 heterocycles. The molecule has 0 aliphatic heterocycles. The maximum atomic E-state index is 12.2. The number of rotatable bonds is 5. The third-order valence-corrected chi connectivity index (χ3v) is 4.20. The predicted molar refractivity (Wildman–Crippen MR) is 99.4 cm³/mol. The minimum atomic E-state index is -0.931. The number of para-hydroxylation sites is 1. The molecular weight excluding hydrogens is 352 g/mol. The van der Waals surface area contributed by atoms with Gasteiger partial charge in [-0.3, -0.25) is 19.8 Å². The van der Waals surface area contributed by atoms with Crippen LogP contribution in [0.4, 0.5) is 0 Å². The molecule has 0 fully saturated rings. The molecule has 0 amide bonds. The summed E-state index contributed by atoms with van der Waals surface area (Å²) in [5.74, 6) is -1.19. The Hall–Kier alpha value is -3.62. The SMILES string of the molecule is COC(=O)[C@H](Cc1c[nH]c2ccccc12)N=C(C)c1c(O)[nH]c(=O)[nH]c1=O. The van der Waals surface area contributed by atoms with E-state index in [4.69, 9.17) is 4.74 Å². The van der Waals surface area contributed by atoms with Crippen molar-refractivity contribution in [1.82, 2.24) is 15.0 Å². The van der Waals surface area contributed by atoms with Gasteiger partial charge in [0.2, 0.25) is 5.88 Å². The fourth-order valence-electron chi connectivity index (χ4n) is 2.93. The molecule has 0 spiro atoms. The summed E-state index contributed by atoms with van der Waals surface area (Å²) in [7, 11) is 1.25. The van der Waals surface area contributed by atoms with Crippen LogP contribution in [-0.2, 0) is 16.0 Å². The largest absolute Gasteiger partial charge is 0.494 e. The van der Waals surface area contributed by atoms with Crippen LogP contribution in [0, 0.1) is 0 Å². The fraction of sp³-hybridized carbons (Fsp3) is 0.222. The molecule has 0 bridgehead atoms. The van der Waals surface area contributed by atoms with Crippen LogP contribution in [0.3, 0.4) is 0 Å². The third-order valence-electron chi connectivity index (χ3n) is 4.20. The van der Waals surface area contributed by atoms with E-state index in [0.29, 0.717) is 0 Å². The molecule has 9 heteroatoms. The number of aromatic amines is 3. The Balaban J connectivity index is 2.01. The summed E-state index contributed by atoms with van der Waals surface area (Å²) in [6.45, 7) is 1.47. The van der Waals surface area contributed by atoms with Crippen molar-refractivity contribution in [2.75, 3.05) is 7.11 Å². The monoisotopic (exact) mass is 370 g/mol. The van der Waals surface area contributed by atoms with Crippen LogP contribution < -0.4 is 11.2 Å². The first-order valence-electron chi connectivity index (χ1n) is 8.14. The summed E-state index contributed by atoms with van der Waals surface area (Å²) in [6, 6.07) is 6.69. The van der Waals surface area contributed by atoms with E-state index in [1.54, 1.807) is 6.20 Å². The maximum Gasteiger partial charge on any atom is 0.330 e. The van der Waals surface area contributed by atoms with E-state index < -0.39 is 29.1 Å². The van der Waals surface area contributed by atoms with Crippen molar-refractivity contribution in [3.63, 3.8) is 0 Å². The van der Waals surface area contributed by atoms with Crippen LogP contribution in [0.2, 0.25) is 0 Å². The van der Waals surface area contributed by atoms with Crippen LogP contribution in [0.5, 0.6) is 5.88 Å². The van der Waals surface area contributed by atoms with E-state index >= 15 is 0 Å². The summed E-state index contributed by atoms with van der Waals surface area (Å²) in [5, 5.41) is 10.8. The quantitative estimate of drug-likeness (QED) is 0.389. The van der Waals surface area contributed by atoms with Gasteiger partial charge in [-0.15, -0.1) is 0 Å². The zero-order valence-electron chi connectivity index (χ0n) is 14.7. The number of nitrogens with zero attached hydrogens (tertiary/aromatic N) is 1. The van der Waals surface area contributed by atoms with Crippen molar-refractivity contribution in [3.8, 4) is 5.88 Å². The van der Waals surface area contributed by atoms with E-state index in [1.807, 2.05) is 29.2 Å². The van der Waals surface area contributed by atoms with E-state index in [-0.39, 0.29) is 17.7 Å². The highest BCUT2D eigenvalue weighted by molar-refractivity contribution is 6.01. The average molecular weight is 370 g/mol. The van der Waals surface area contributed by atoms with Crippen molar-refractivity contribution < 1.29 is 14.6 Å². The van der Waals surface area contributed by atoms with Crippen LogP contribution in [0.15, 0.2) is 45.0 Å². The fourth-order valence-corrected chi connectivity index (χ4v) is 2.93. The number of benzene rings is 1. The Bertz CT molecular complexity index is 1140. The Kier molecular flexibility index (Phi) is 4.93. The van der Waals surface area contributed by atoms with E-state index in [1.165, 1.54) is 14.0 Å². The molecule has 3 rings (SSSR count). The molecule has 1 atom stereocenters. The van der Waals surface area contributed by atoms with Crippen molar-refractivity contribution in [2.24, 2.45) is 4.99 Å². The third kappa shape index (κ3) is 3.66. The topological polar surface area (TPSA) is 140 Å². The summed E-state index contributed by atoms with van der Waals surface area (Å²) in [4.78, 5) is 46.9. The molecule has 140 valence electrons. The molecule has 0 radical (unpaired) electrons. The van der Waals surface area contributed by atoms with Crippen LogP contribution >= 0.6 is 0 Å². The van der Waals surface area contributed by atoms with Gasteiger partial charge < -0.3 is 14.8 Å². The second-order valence-corrected chi connectivity index (χ2v) is 5.95. The zero-order valence-corrected chi connectivity index (χ0v) is 14.7. The van der Waals surface area contributed by atoms with Gasteiger partial charge in [0.25, 0.3) is 5.56 Å². The molecule has 0 saturated heterocycles. The lowest BCUT2D eigenvalue weighted by Gasteiger charge is -2.12. The normalized spacial score (nSPS) is 12.9. The number of H-pyrrole nitrogens is 3. The number of carbonyl (C=O) groups is 1. The first kappa shape index (κ1) is 18.2. The van der Waals surface area contributed by atoms with Crippen LogP contribution in [-0.4, -0.2) is 44.9 Å². The van der Waals surface area contributed by atoms with E-state index in [9.17, 15) is 19.5 Å². The molecule has 1 aromatic carbocycles. The molecule has 0 aliphatic carbocycles. The number of esters is 1. The summed E-state index contributed by atoms with van der Waals surface area (Å²) in [5.41, 5.74) is 0.0388. The summed E-state index contributed by atoms with van der Waals surface area (Å²) in [6.07, 6.45) is 2.02. The van der Waals surface area contributed by atoms with Gasteiger partial charge in [-0.2, -0.15) is 0 Å². The lowest BCUT2D eigenvalue weighted by molar-refractivity contribution is -0.142. The van der Waals surface area contributed by atoms with Gasteiger partial charge in [-0.25, -0.2) is 9.59 Å². The molecule has 0 aliphatic rings. The standard InChI is InChI=1S/C18H18N4O5/c1-9(14-15(23)21-18(26)22-16(14)24)20-13(17(25)27-2)7-10-8-19-12-6-4-3-5-11(10)12/h3-6,8,13,19H,7H2,1-2H3,(H3,21,22,23,24,26)/t13-/m0/s1. The van der Waals surface area contributed by atoms with Crippen molar-refractivity contribution in [1.29, 1.82) is 0 Å². The Morgan fingerprint density at radius 2 is 2.00 bits per heavy atom. The van der Waals surface area contributed by atoms with Gasteiger partial charge in [0.1, 0.15) is 5.56 Å². The molecule has 0 unspecified atom stereocenters. The van der Waals surface area contributed by atoms with Gasteiger partial charge in [-0.05, 0) is 18.6 Å². The minimum absolute atomic E-state index is 0.0974. The predicted octanol–water partition coefficient (Wildman–Crippen LogP) is 0.843. The van der Waals surface area contributed by atoms with Gasteiger partial charge in [-0.1, -0.05) is 18.2 Å². The Morgan fingerprint density at radius 1 is 1.26 bits per heavy atom. The smallest absolute Gasteiger partial charge is 0.330 e. The zero-order chi connectivity index (χ0) is 19.6. The molecule has 2 aromatic heterocycles. The average Bonchev–Trinajstić information content (AvgIpc) is 3.02. The summed E-state index contributed by atoms with van der Waals surface area (Å²) < 4.78 is 4.83. The second kappa shape index (κ2) is 7.32. The Labute approximate surface area is 152 Å². The number of ether oxygens (including phenoxy) is 1. The highest BCUT2D eigenvalue weighted by Crippen LogP contribution is 2.21. The number of carbonyl (C=O) groups excluding carboxylic acids is 1. The number of aromatic hydroxyl groups is 1. The molecule has 9 nitrogen and oxygen atoms in total. The number of hydrogen-bond acceptors (Lipinski definition) is 6. The number of nitrogens with one attached hydrogen (secondary N) is 3. The number of hydrogen-bond donors (Lipinski definition) is 4. The molecule has 3 aromatic rings. The van der Waals surface area contributed by atoms with E-state index in [2.05, 4.69) is 15.0 Å². The minimum Gasteiger partial charge on any atom is -0.494 e.